The Morgan fingerprint density at radius 2 is 1.91 bits per heavy atom. The molecule has 0 saturated carbocycles. The van der Waals surface area contributed by atoms with Gasteiger partial charge >= 0.3 is 5.97 Å². The Morgan fingerprint density at radius 3 is 2.53 bits per heavy atom. The predicted molar refractivity (Wildman–Crippen MR) is 130 cm³/mol. The fraction of sp³-hybridized carbons (Fsp3) is 0.160. The second kappa shape index (κ2) is 9.63. The largest absolute Gasteiger partial charge is 0.496 e. The first-order valence-corrected chi connectivity index (χ1v) is 10.6. The molecule has 174 valence electrons. The zero-order valence-electron chi connectivity index (χ0n) is 18.6. The van der Waals surface area contributed by atoms with E-state index < -0.39 is 5.97 Å². The number of nitrogens with two attached hydrogens (primary N) is 2. The number of carbonyl (C=O) groups is 1. The normalized spacial score (nSPS) is 17.4. The Morgan fingerprint density at radius 1 is 1.18 bits per heavy atom. The van der Waals surface area contributed by atoms with Crippen LogP contribution in [-0.2, 0) is 0 Å². The number of nitrogens with zero attached hydrogens (tertiary/aromatic N) is 2. The van der Waals surface area contributed by atoms with Crippen LogP contribution in [-0.4, -0.2) is 47.4 Å². The number of nitrogens with one attached hydrogen (secondary N) is 1. The predicted octanol–water partition coefficient (Wildman–Crippen LogP) is 2.94. The number of carboxylic acid groups (broad SMARTS) is 1. The molecule has 1 atom stereocenters. The molecule has 0 saturated heterocycles. The number of aromatic carboxylic acids is 1. The lowest BCUT2D eigenvalue weighted by Crippen LogP contribution is -2.43. The van der Waals surface area contributed by atoms with Crippen molar-refractivity contribution < 1.29 is 19.4 Å². The van der Waals surface area contributed by atoms with Gasteiger partial charge in [-0.05, 0) is 54.1 Å². The summed E-state index contributed by atoms with van der Waals surface area (Å²) >= 11 is 0. The third kappa shape index (κ3) is 4.69. The minimum atomic E-state index is -1.11. The van der Waals surface area contributed by atoms with Crippen molar-refractivity contribution in [1.82, 2.24) is 5.01 Å². The van der Waals surface area contributed by atoms with Crippen molar-refractivity contribution in [3.05, 3.63) is 89.2 Å². The first kappa shape index (κ1) is 22.8. The lowest BCUT2D eigenvalue weighted by atomic mass is 10.0. The monoisotopic (exact) mass is 459 g/mol. The highest BCUT2D eigenvalue weighted by atomic mass is 16.5. The van der Waals surface area contributed by atoms with Crippen LogP contribution in [0.25, 0.3) is 5.70 Å². The Kier molecular flexibility index (Phi) is 6.46. The fourth-order valence-electron chi connectivity index (χ4n) is 3.81. The molecule has 0 amide bonds. The molecule has 1 heterocycles. The van der Waals surface area contributed by atoms with E-state index in [9.17, 15) is 9.90 Å². The van der Waals surface area contributed by atoms with Crippen molar-refractivity contribution in [2.45, 2.75) is 12.5 Å². The summed E-state index contributed by atoms with van der Waals surface area (Å²) in [6.45, 7) is 0.145. The minimum absolute atomic E-state index is 0.0160. The summed E-state index contributed by atoms with van der Waals surface area (Å²) < 4.78 is 11.1. The summed E-state index contributed by atoms with van der Waals surface area (Å²) in [6, 6.07) is 12.1. The first-order valence-electron chi connectivity index (χ1n) is 10.6. The highest BCUT2D eigenvalue weighted by Gasteiger charge is 2.25. The molecule has 1 aliphatic carbocycles. The molecule has 1 unspecified atom stereocenters. The third-order valence-electron chi connectivity index (χ3n) is 5.45. The second-order valence-corrected chi connectivity index (χ2v) is 7.75. The van der Waals surface area contributed by atoms with Gasteiger partial charge in [0.2, 0.25) is 0 Å². The van der Waals surface area contributed by atoms with Gasteiger partial charge in [-0.15, -0.1) is 0 Å². The molecule has 1 aliphatic heterocycles. The summed E-state index contributed by atoms with van der Waals surface area (Å²) in [7, 11) is 1.41. The number of rotatable bonds is 7. The van der Waals surface area contributed by atoms with Gasteiger partial charge in [0.15, 0.2) is 0 Å². The van der Waals surface area contributed by atoms with Crippen molar-refractivity contribution in [1.29, 1.82) is 5.41 Å². The van der Waals surface area contributed by atoms with Gasteiger partial charge in [0.05, 0.1) is 25.1 Å². The molecule has 0 bridgehead atoms. The maximum atomic E-state index is 11.7. The van der Waals surface area contributed by atoms with Crippen molar-refractivity contribution in [2.75, 3.05) is 13.7 Å². The average Bonchev–Trinajstić information content (AvgIpc) is 2.84. The van der Waals surface area contributed by atoms with Crippen LogP contribution in [0.3, 0.4) is 0 Å². The van der Waals surface area contributed by atoms with E-state index >= 15 is 0 Å². The molecule has 9 nitrogen and oxygen atoms in total. The van der Waals surface area contributed by atoms with Crippen molar-refractivity contribution >= 4 is 23.2 Å². The molecule has 2 aromatic carbocycles. The molecule has 2 aromatic rings. The quantitative estimate of drug-likeness (QED) is 0.283. The number of carboxylic acids is 1. The zero-order valence-corrected chi connectivity index (χ0v) is 18.6. The number of methoxy groups -OCH3 is 1. The van der Waals surface area contributed by atoms with Gasteiger partial charge in [0, 0.05) is 12.0 Å². The van der Waals surface area contributed by atoms with E-state index in [0.29, 0.717) is 28.3 Å². The van der Waals surface area contributed by atoms with Crippen LogP contribution in [0.15, 0.2) is 77.5 Å². The Bertz CT molecular complexity index is 1240. The molecular weight excluding hydrogens is 434 g/mol. The standard InChI is InChI=1S/C25H25N5O4/c1-33-21-12-9-16(13-19(21)25(31)32)20-14-30(28)23(24(26)27)22(29-20)15-7-10-18(11-8-15)34-17-5-3-2-4-6-17/h2-5,7-13,17H,6,14,28H2,1H3,(H3,26,27)(H,31,32). The van der Waals surface area contributed by atoms with Crippen LogP contribution in [0.2, 0.25) is 0 Å². The van der Waals surface area contributed by atoms with Crippen LogP contribution in [0.4, 0.5) is 0 Å². The molecular formula is C25H25N5O4. The maximum absolute atomic E-state index is 11.7. The molecule has 6 N–H and O–H groups in total. The van der Waals surface area contributed by atoms with Crippen molar-refractivity contribution in [2.24, 2.45) is 16.6 Å². The number of allylic oxidation sites excluding steroid dienone is 2. The van der Waals surface area contributed by atoms with Gasteiger partial charge in [-0.3, -0.25) is 10.4 Å². The topological polar surface area (TPSA) is 147 Å². The van der Waals surface area contributed by atoms with Crippen LogP contribution in [0.5, 0.6) is 11.5 Å². The summed E-state index contributed by atoms with van der Waals surface area (Å²) in [5.74, 6) is 5.85. The lowest BCUT2D eigenvalue weighted by Gasteiger charge is -2.28. The number of hydrogen-bond donors (Lipinski definition) is 4. The molecule has 34 heavy (non-hydrogen) atoms. The molecule has 0 radical (unpaired) electrons. The molecule has 4 rings (SSSR count). The van der Waals surface area contributed by atoms with E-state index in [1.165, 1.54) is 18.2 Å². The molecule has 0 fully saturated rings. The van der Waals surface area contributed by atoms with Gasteiger partial charge in [0.25, 0.3) is 0 Å². The molecule has 0 spiro atoms. The fourth-order valence-corrected chi connectivity index (χ4v) is 3.81. The number of aliphatic imine (C=N–C) groups is 1. The van der Waals surface area contributed by atoms with Crippen LogP contribution >= 0.6 is 0 Å². The Balaban J connectivity index is 1.70. The zero-order chi connectivity index (χ0) is 24.2. The number of ether oxygens (including phenoxy) is 2. The SMILES string of the molecule is COc1ccc(C2=NC(c3ccc(OC4C=CC=CC4)cc3)=C(C(=N)N)N(N)C2)cc1C(=O)O. The molecule has 2 aliphatic rings. The van der Waals surface area contributed by atoms with Gasteiger partial charge < -0.3 is 20.3 Å². The van der Waals surface area contributed by atoms with E-state index in [2.05, 4.69) is 0 Å². The van der Waals surface area contributed by atoms with Crippen molar-refractivity contribution in [3.8, 4) is 11.5 Å². The summed E-state index contributed by atoms with van der Waals surface area (Å²) in [4.78, 5) is 16.4. The summed E-state index contributed by atoms with van der Waals surface area (Å²) in [6.07, 6.45) is 8.75. The van der Waals surface area contributed by atoms with Crippen LogP contribution < -0.4 is 21.1 Å². The number of hydrogen-bond acceptors (Lipinski definition) is 7. The van der Waals surface area contributed by atoms with E-state index in [4.69, 9.17) is 31.5 Å². The van der Waals surface area contributed by atoms with Crippen molar-refractivity contribution in [3.63, 3.8) is 0 Å². The van der Waals surface area contributed by atoms with Crippen LogP contribution in [0, 0.1) is 5.41 Å². The van der Waals surface area contributed by atoms with Gasteiger partial charge in [0.1, 0.15) is 34.7 Å². The minimum Gasteiger partial charge on any atom is -0.496 e. The van der Waals surface area contributed by atoms with Gasteiger partial charge in [-0.2, -0.15) is 0 Å². The number of amidine groups is 1. The highest BCUT2D eigenvalue weighted by Crippen LogP contribution is 2.30. The van der Waals surface area contributed by atoms with Crippen LogP contribution in [0.1, 0.15) is 27.9 Å². The maximum Gasteiger partial charge on any atom is 0.339 e. The first-order chi connectivity index (χ1) is 16.4. The second-order valence-electron chi connectivity index (χ2n) is 7.75. The van der Waals surface area contributed by atoms with Gasteiger partial charge in [-0.25, -0.2) is 15.6 Å². The number of benzene rings is 2. The Labute approximate surface area is 196 Å². The highest BCUT2D eigenvalue weighted by molar-refractivity contribution is 6.11. The summed E-state index contributed by atoms with van der Waals surface area (Å²) in [5.41, 5.74) is 8.34. The average molecular weight is 460 g/mol. The van der Waals surface area contributed by atoms with E-state index in [1.807, 2.05) is 48.6 Å². The van der Waals surface area contributed by atoms with Gasteiger partial charge in [-0.1, -0.05) is 18.2 Å². The third-order valence-corrected chi connectivity index (χ3v) is 5.45. The number of hydrazine groups is 1. The molecule has 9 heteroatoms. The van der Waals surface area contributed by atoms with E-state index in [0.717, 1.165) is 6.42 Å². The lowest BCUT2D eigenvalue weighted by molar-refractivity contribution is 0.0693. The van der Waals surface area contributed by atoms with E-state index in [1.54, 1.807) is 12.1 Å². The molecule has 0 aromatic heterocycles. The summed E-state index contributed by atoms with van der Waals surface area (Å²) in [5, 5.41) is 18.9. The smallest absolute Gasteiger partial charge is 0.339 e. The van der Waals surface area contributed by atoms with E-state index in [-0.39, 0.29) is 35.5 Å². The Hall–Kier alpha value is -4.37.